The maximum absolute atomic E-state index is 13.2. The van der Waals surface area contributed by atoms with Gasteiger partial charge in [0.15, 0.2) is 17.5 Å². The van der Waals surface area contributed by atoms with Crippen LogP contribution in [0.2, 0.25) is 0 Å². The first-order valence-corrected chi connectivity index (χ1v) is 6.77. The van der Waals surface area contributed by atoms with Gasteiger partial charge in [0.2, 0.25) is 0 Å². The SMILES string of the molecule is CCOC(=O)C1CNCCN1Cc1cc(F)c(F)c(F)c1. The molecule has 7 heteroatoms. The van der Waals surface area contributed by atoms with Crippen molar-refractivity contribution < 1.29 is 22.7 Å². The van der Waals surface area contributed by atoms with Crippen molar-refractivity contribution in [2.45, 2.75) is 19.5 Å². The van der Waals surface area contributed by atoms with Gasteiger partial charge in [-0.1, -0.05) is 0 Å². The van der Waals surface area contributed by atoms with Crippen molar-refractivity contribution in [2.24, 2.45) is 0 Å². The maximum atomic E-state index is 13.2. The summed E-state index contributed by atoms with van der Waals surface area (Å²) in [5, 5.41) is 3.07. The third-order valence-electron chi connectivity index (χ3n) is 3.34. The molecule has 0 saturated carbocycles. The summed E-state index contributed by atoms with van der Waals surface area (Å²) in [5.74, 6) is -4.32. The fraction of sp³-hybridized carbons (Fsp3) is 0.500. The zero-order valence-corrected chi connectivity index (χ0v) is 11.7. The van der Waals surface area contributed by atoms with E-state index in [1.54, 1.807) is 11.8 Å². The molecule has 1 aromatic carbocycles. The van der Waals surface area contributed by atoms with Gasteiger partial charge in [-0.3, -0.25) is 9.69 Å². The molecule has 0 aliphatic carbocycles. The molecule has 1 aliphatic rings. The average molecular weight is 302 g/mol. The summed E-state index contributed by atoms with van der Waals surface area (Å²) in [6.07, 6.45) is 0. The highest BCUT2D eigenvalue weighted by molar-refractivity contribution is 5.76. The van der Waals surface area contributed by atoms with Crippen molar-refractivity contribution in [1.82, 2.24) is 10.2 Å². The predicted molar refractivity (Wildman–Crippen MR) is 70.0 cm³/mol. The molecule has 1 aromatic rings. The summed E-state index contributed by atoms with van der Waals surface area (Å²) in [7, 11) is 0. The molecule has 0 aromatic heterocycles. The van der Waals surface area contributed by atoms with Crippen molar-refractivity contribution in [1.29, 1.82) is 0 Å². The van der Waals surface area contributed by atoms with Gasteiger partial charge in [0.1, 0.15) is 6.04 Å². The molecular weight excluding hydrogens is 285 g/mol. The van der Waals surface area contributed by atoms with Crippen LogP contribution in [0.25, 0.3) is 0 Å². The number of nitrogens with zero attached hydrogens (tertiary/aromatic N) is 1. The molecule has 2 rings (SSSR count). The number of carbonyl (C=O) groups is 1. The molecule has 0 bridgehead atoms. The molecule has 21 heavy (non-hydrogen) atoms. The molecule has 1 saturated heterocycles. The van der Waals surface area contributed by atoms with E-state index in [2.05, 4.69) is 5.32 Å². The van der Waals surface area contributed by atoms with Gasteiger partial charge >= 0.3 is 5.97 Å². The molecule has 1 fully saturated rings. The normalized spacial score (nSPS) is 19.5. The second-order valence-corrected chi connectivity index (χ2v) is 4.82. The molecule has 0 amide bonds. The number of hydrogen-bond acceptors (Lipinski definition) is 4. The molecule has 0 spiro atoms. The standard InChI is InChI=1S/C14H17F3N2O2/c1-2-21-14(20)12-7-18-3-4-19(12)8-9-5-10(15)13(17)11(16)6-9/h5-6,12,18H,2-4,7-8H2,1H3. The minimum Gasteiger partial charge on any atom is -0.465 e. The van der Waals surface area contributed by atoms with Crippen LogP contribution >= 0.6 is 0 Å². The Morgan fingerprint density at radius 1 is 1.38 bits per heavy atom. The van der Waals surface area contributed by atoms with E-state index in [1.165, 1.54) is 0 Å². The van der Waals surface area contributed by atoms with Gasteiger partial charge in [-0.2, -0.15) is 0 Å². The van der Waals surface area contributed by atoms with Crippen LogP contribution in [0.1, 0.15) is 12.5 Å². The molecule has 0 radical (unpaired) electrons. The Bertz CT molecular complexity index is 502. The first-order valence-electron chi connectivity index (χ1n) is 6.77. The van der Waals surface area contributed by atoms with Crippen LogP contribution in [0.4, 0.5) is 13.2 Å². The van der Waals surface area contributed by atoms with Gasteiger partial charge in [0.25, 0.3) is 0 Å². The molecule has 1 heterocycles. The van der Waals surface area contributed by atoms with Gasteiger partial charge in [0, 0.05) is 26.2 Å². The van der Waals surface area contributed by atoms with Crippen molar-refractivity contribution in [3.05, 3.63) is 35.1 Å². The lowest BCUT2D eigenvalue weighted by Gasteiger charge is -2.34. The number of benzene rings is 1. The second-order valence-electron chi connectivity index (χ2n) is 4.82. The maximum Gasteiger partial charge on any atom is 0.324 e. The smallest absolute Gasteiger partial charge is 0.324 e. The summed E-state index contributed by atoms with van der Waals surface area (Å²) < 4.78 is 44.4. The van der Waals surface area contributed by atoms with Crippen molar-refractivity contribution in [3.63, 3.8) is 0 Å². The van der Waals surface area contributed by atoms with Crippen molar-refractivity contribution in [3.8, 4) is 0 Å². The van der Waals surface area contributed by atoms with Gasteiger partial charge in [-0.05, 0) is 24.6 Å². The van der Waals surface area contributed by atoms with Crippen LogP contribution in [-0.2, 0) is 16.1 Å². The second kappa shape index (κ2) is 6.91. The topological polar surface area (TPSA) is 41.6 Å². The molecule has 1 unspecified atom stereocenters. The van der Waals surface area contributed by atoms with Crippen molar-refractivity contribution >= 4 is 5.97 Å². The molecule has 1 N–H and O–H groups in total. The molecule has 4 nitrogen and oxygen atoms in total. The summed E-state index contributed by atoms with van der Waals surface area (Å²) >= 11 is 0. The van der Waals surface area contributed by atoms with Gasteiger partial charge < -0.3 is 10.1 Å². The summed E-state index contributed by atoms with van der Waals surface area (Å²) in [5.41, 5.74) is 0.280. The van der Waals surface area contributed by atoms with E-state index in [9.17, 15) is 18.0 Å². The largest absolute Gasteiger partial charge is 0.465 e. The fourth-order valence-corrected chi connectivity index (χ4v) is 2.34. The van der Waals surface area contributed by atoms with Crippen LogP contribution in [-0.4, -0.2) is 43.2 Å². The van der Waals surface area contributed by atoms with E-state index in [1.807, 2.05) is 0 Å². The number of esters is 1. The third kappa shape index (κ3) is 3.74. The van der Waals surface area contributed by atoms with E-state index in [4.69, 9.17) is 4.74 Å². The molecule has 1 aliphatic heterocycles. The van der Waals surface area contributed by atoms with Gasteiger partial charge in [-0.25, -0.2) is 13.2 Å². The predicted octanol–water partition coefficient (Wildman–Crippen LogP) is 1.44. The van der Waals surface area contributed by atoms with Crippen LogP contribution in [0.3, 0.4) is 0 Å². The zero-order chi connectivity index (χ0) is 15.4. The quantitative estimate of drug-likeness (QED) is 0.675. The van der Waals surface area contributed by atoms with Gasteiger partial charge in [0.05, 0.1) is 6.61 Å². The Balaban J connectivity index is 2.14. The van der Waals surface area contributed by atoms with Crippen LogP contribution in [0.15, 0.2) is 12.1 Å². The fourth-order valence-electron chi connectivity index (χ4n) is 2.34. The summed E-state index contributed by atoms with van der Waals surface area (Å²) in [6.45, 7) is 3.72. The monoisotopic (exact) mass is 302 g/mol. The highest BCUT2D eigenvalue weighted by Gasteiger charge is 2.30. The Labute approximate surface area is 120 Å². The Morgan fingerprint density at radius 2 is 2.05 bits per heavy atom. The van der Waals surface area contributed by atoms with E-state index in [0.717, 1.165) is 12.1 Å². The lowest BCUT2D eigenvalue weighted by Crippen LogP contribution is -2.54. The Morgan fingerprint density at radius 3 is 2.67 bits per heavy atom. The third-order valence-corrected chi connectivity index (χ3v) is 3.34. The number of carbonyl (C=O) groups excluding carboxylic acids is 1. The summed E-state index contributed by atoms with van der Waals surface area (Å²) in [4.78, 5) is 13.6. The average Bonchev–Trinajstić information content (AvgIpc) is 2.45. The minimum absolute atomic E-state index is 0.152. The van der Waals surface area contributed by atoms with Crippen LogP contribution in [0.5, 0.6) is 0 Å². The van der Waals surface area contributed by atoms with E-state index < -0.39 is 23.5 Å². The highest BCUT2D eigenvalue weighted by atomic mass is 19.2. The summed E-state index contributed by atoms with van der Waals surface area (Å²) in [6, 6.07) is 1.38. The lowest BCUT2D eigenvalue weighted by molar-refractivity contribution is -0.150. The number of piperazine rings is 1. The number of ether oxygens (including phenoxy) is 1. The van der Waals surface area contributed by atoms with E-state index in [0.29, 0.717) is 19.6 Å². The highest BCUT2D eigenvalue weighted by Crippen LogP contribution is 2.17. The first kappa shape index (κ1) is 15.8. The Hall–Kier alpha value is -1.60. The van der Waals surface area contributed by atoms with Gasteiger partial charge in [-0.15, -0.1) is 0 Å². The van der Waals surface area contributed by atoms with E-state index in [-0.39, 0.29) is 24.7 Å². The van der Waals surface area contributed by atoms with Crippen LogP contribution in [0, 0.1) is 17.5 Å². The Kier molecular flexibility index (Phi) is 5.19. The number of nitrogens with one attached hydrogen (secondary N) is 1. The zero-order valence-electron chi connectivity index (χ0n) is 11.7. The first-order chi connectivity index (χ1) is 10.0. The number of rotatable bonds is 4. The molecule has 116 valence electrons. The van der Waals surface area contributed by atoms with Crippen LogP contribution < -0.4 is 5.32 Å². The molecule has 1 atom stereocenters. The molecular formula is C14H17F3N2O2. The van der Waals surface area contributed by atoms with E-state index >= 15 is 0 Å². The van der Waals surface area contributed by atoms with Crippen molar-refractivity contribution in [2.75, 3.05) is 26.2 Å². The number of halogens is 3. The number of hydrogen-bond donors (Lipinski definition) is 1. The minimum atomic E-state index is -1.49. The lowest BCUT2D eigenvalue weighted by atomic mass is 10.1.